The molecule has 98 valence electrons. The molecule has 0 aliphatic carbocycles. The van der Waals surface area contributed by atoms with E-state index in [0.29, 0.717) is 29.4 Å². The Bertz CT molecular complexity index is 478. The highest BCUT2D eigenvalue weighted by molar-refractivity contribution is 9.10. The van der Waals surface area contributed by atoms with E-state index in [1.54, 1.807) is 6.07 Å². The Morgan fingerprint density at radius 1 is 1.61 bits per heavy atom. The summed E-state index contributed by atoms with van der Waals surface area (Å²) in [5.41, 5.74) is 1.60. The van der Waals surface area contributed by atoms with Crippen LogP contribution < -0.4 is 5.32 Å². The van der Waals surface area contributed by atoms with E-state index in [0.717, 1.165) is 5.56 Å². The van der Waals surface area contributed by atoms with Crippen LogP contribution in [-0.4, -0.2) is 17.6 Å². The minimum Gasteiger partial charge on any atom is -0.481 e. The molecule has 2 rings (SSSR count). The lowest BCUT2D eigenvalue weighted by Crippen LogP contribution is -2.17. The van der Waals surface area contributed by atoms with E-state index >= 15 is 0 Å². The fraction of sp³-hybridized carbons (Fsp3) is 0.462. The standard InChI is InChI=1S/C13H15BrFNO2/c1-2-7-3-8(4-10(14)12(7)15)11-5-9(6-16-11)13(17)18/h3-4,9,11,16H,2,5-6H2,1H3,(H,17,18). The van der Waals surface area contributed by atoms with Crippen LogP contribution in [0.1, 0.15) is 30.5 Å². The van der Waals surface area contributed by atoms with Crippen molar-refractivity contribution in [3.05, 3.63) is 33.5 Å². The number of carbonyl (C=O) groups is 1. The molecule has 1 saturated heterocycles. The predicted octanol–water partition coefficient (Wildman–Crippen LogP) is 2.89. The van der Waals surface area contributed by atoms with Gasteiger partial charge in [0.1, 0.15) is 5.82 Å². The Morgan fingerprint density at radius 2 is 2.33 bits per heavy atom. The molecule has 1 aromatic rings. The zero-order valence-corrected chi connectivity index (χ0v) is 11.6. The van der Waals surface area contributed by atoms with E-state index in [1.165, 1.54) is 0 Å². The van der Waals surface area contributed by atoms with Crippen molar-refractivity contribution in [2.45, 2.75) is 25.8 Å². The normalized spacial score (nSPS) is 23.3. The summed E-state index contributed by atoms with van der Waals surface area (Å²) >= 11 is 3.21. The molecule has 2 N–H and O–H groups in total. The molecule has 0 aromatic heterocycles. The summed E-state index contributed by atoms with van der Waals surface area (Å²) in [6, 6.07) is 3.55. The molecule has 18 heavy (non-hydrogen) atoms. The van der Waals surface area contributed by atoms with Crippen molar-refractivity contribution < 1.29 is 14.3 Å². The molecule has 1 aliphatic rings. The Kier molecular flexibility index (Phi) is 4.02. The number of aliphatic carboxylic acids is 1. The first kappa shape index (κ1) is 13.5. The molecule has 2 atom stereocenters. The number of hydrogen-bond acceptors (Lipinski definition) is 2. The lowest BCUT2D eigenvalue weighted by molar-refractivity contribution is -0.141. The number of aryl methyl sites for hydroxylation is 1. The van der Waals surface area contributed by atoms with Crippen molar-refractivity contribution in [1.82, 2.24) is 5.32 Å². The third-order valence-corrected chi connectivity index (χ3v) is 3.97. The molecule has 0 saturated carbocycles. The van der Waals surface area contributed by atoms with Gasteiger partial charge in [-0.05, 0) is 46.0 Å². The molecule has 1 aliphatic heterocycles. The lowest BCUT2D eigenvalue weighted by Gasteiger charge is -2.13. The van der Waals surface area contributed by atoms with E-state index in [1.807, 2.05) is 13.0 Å². The van der Waals surface area contributed by atoms with Gasteiger partial charge >= 0.3 is 5.97 Å². The van der Waals surface area contributed by atoms with Crippen LogP contribution in [0.4, 0.5) is 4.39 Å². The second-order valence-electron chi connectivity index (χ2n) is 4.56. The lowest BCUT2D eigenvalue weighted by atomic mass is 9.98. The minimum atomic E-state index is -0.776. The fourth-order valence-electron chi connectivity index (χ4n) is 2.31. The van der Waals surface area contributed by atoms with Gasteiger partial charge in [-0.15, -0.1) is 0 Å². The van der Waals surface area contributed by atoms with Gasteiger partial charge in [-0.25, -0.2) is 4.39 Å². The first-order valence-electron chi connectivity index (χ1n) is 5.97. The molecule has 0 radical (unpaired) electrons. The quantitative estimate of drug-likeness (QED) is 0.901. The van der Waals surface area contributed by atoms with E-state index in [4.69, 9.17) is 5.11 Å². The van der Waals surface area contributed by atoms with Crippen molar-refractivity contribution in [3.63, 3.8) is 0 Å². The van der Waals surface area contributed by atoms with Crippen LogP contribution in [0.3, 0.4) is 0 Å². The van der Waals surface area contributed by atoms with Crippen molar-refractivity contribution in [3.8, 4) is 0 Å². The summed E-state index contributed by atoms with van der Waals surface area (Å²) in [5, 5.41) is 12.1. The second kappa shape index (κ2) is 5.36. The van der Waals surface area contributed by atoms with E-state index in [-0.39, 0.29) is 17.8 Å². The van der Waals surface area contributed by atoms with Gasteiger partial charge in [-0.1, -0.05) is 13.0 Å². The van der Waals surface area contributed by atoms with Crippen molar-refractivity contribution in [2.75, 3.05) is 6.54 Å². The highest BCUT2D eigenvalue weighted by atomic mass is 79.9. The van der Waals surface area contributed by atoms with E-state index in [9.17, 15) is 9.18 Å². The van der Waals surface area contributed by atoms with Crippen LogP contribution in [0.5, 0.6) is 0 Å². The Labute approximate surface area is 114 Å². The zero-order valence-electron chi connectivity index (χ0n) is 10.0. The first-order chi connectivity index (χ1) is 8.52. The highest BCUT2D eigenvalue weighted by Crippen LogP contribution is 2.31. The summed E-state index contributed by atoms with van der Waals surface area (Å²) in [4.78, 5) is 10.9. The van der Waals surface area contributed by atoms with Gasteiger partial charge in [-0.2, -0.15) is 0 Å². The van der Waals surface area contributed by atoms with Crippen molar-refractivity contribution in [1.29, 1.82) is 0 Å². The summed E-state index contributed by atoms with van der Waals surface area (Å²) < 4.78 is 14.2. The van der Waals surface area contributed by atoms with E-state index < -0.39 is 5.97 Å². The van der Waals surface area contributed by atoms with Crippen LogP contribution >= 0.6 is 15.9 Å². The maximum atomic E-state index is 13.7. The molecular formula is C13H15BrFNO2. The zero-order chi connectivity index (χ0) is 13.3. The number of benzene rings is 1. The number of nitrogens with one attached hydrogen (secondary N) is 1. The average molecular weight is 316 g/mol. The van der Waals surface area contributed by atoms with Gasteiger partial charge in [0, 0.05) is 12.6 Å². The fourth-order valence-corrected chi connectivity index (χ4v) is 2.82. The summed E-state index contributed by atoms with van der Waals surface area (Å²) in [7, 11) is 0. The summed E-state index contributed by atoms with van der Waals surface area (Å²) in [6.07, 6.45) is 1.17. The van der Waals surface area contributed by atoms with Crippen LogP contribution in [0, 0.1) is 11.7 Å². The Balaban J connectivity index is 2.25. The third-order valence-electron chi connectivity index (χ3n) is 3.39. The van der Waals surface area contributed by atoms with Crippen molar-refractivity contribution in [2.24, 2.45) is 5.92 Å². The molecule has 2 unspecified atom stereocenters. The molecular weight excluding hydrogens is 301 g/mol. The van der Waals surface area contributed by atoms with Crippen LogP contribution in [0.25, 0.3) is 0 Å². The number of hydrogen-bond donors (Lipinski definition) is 2. The van der Waals surface area contributed by atoms with Crippen LogP contribution in [0.15, 0.2) is 16.6 Å². The van der Waals surface area contributed by atoms with Crippen LogP contribution in [0.2, 0.25) is 0 Å². The van der Waals surface area contributed by atoms with Gasteiger partial charge in [0.25, 0.3) is 0 Å². The molecule has 3 nitrogen and oxygen atoms in total. The molecule has 5 heteroatoms. The van der Waals surface area contributed by atoms with E-state index in [2.05, 4.69) is 21.2 Å². The van der Waals surface area contributed by atoms with Crippen LogP contribution in [-0.2, 0) is 11.2 Å². The Morgan fingerprint density at radius 3 is 2.89 bits per heavy atom. The maximum Gasteiger partial charge on any atom is 0.307 e. The van der Waals surface area contributed by atoms with Gasteiger partial charge < -0.3 is 10.4 Å². The average Bonchev–Trinajstić information content (AvgIpc) is 2.82. The summed E-state index contributed by atoms with van der Waals surface area (Å²) in [5.74, 6) is -1.36. The number of rotatable bonds is 3. The third kappa shape index (κ3) is 2.57. The van der Waals surface area contributed by atoms with Crippen molar-refractivity contribution >= 4 is 21.9 Å². The number of carboxylic acid groups (broad SMARTS) is 1. The van der Waals surface area contributed by atoms with Gasteiger partial charge in [0.15, 0.2) is 0 Å². The van der Waals surface area contributed by atoms with Gasteiger partial charge in [0.2, 0.25) is 0 Å². The predicted molar refractivity (Wildman–Crippen MR) is 70.0 cm³/mol. The first-order valence-corrected chi connectivity index (χ1v) is 6.76. The highest BCUT2D eigenvalue weighted by Gasteiger charge is 2.30. The molecule has 0 spiro atoms. The minimum absolute atomic E-state index is 0.00620. The largest absolute Gasteiger partial charge is 0.481 e. The maximum absolute atomic E-state index is 13.7. The van der Waals surface area contributed by atoms with Gasteiger partial charge in [0.05, 0.1) is 10.4 Å². The number of carboxylic acids is 1. The van der Waals surface area contributed by atoms with Gasteiger partial charge in [-0.3, -0.25) is 4.79 Å². The Hall–Kier alpha value is -0.940. The monoisotopic (exact) mass is 315 g/mol. The summed E-state index contributed by atoms with van der Waals surface area (Å²) in [6.45, 7) is 2.37. The molecule has 0 amide bonds. The molecule has 1 aromatic carbocycles. The topological polar surface area (TPSA) is 49.3 Å². The smallest absolute Gasteiger partial charge is 0.307 e. The molecule has 1 fully saturated rings. The molecule has 1 heterocycles. The SMILES string of the molecule is CCc1cc(C2CC(C(=O)O)CN2)cc(Br)c1F. The number of halogens is 2. The molecule has 0 bridgehead atoms. The second-order valence-corrected chi connectivity index (χ2v) is 5.42.